The van der Waals surface area contributed by atoms with E-state index in [1.807, 2.05) is 0 Å². The number of unbranched alkanes of at least 4 members (excludes halogenated alkanes) is 8. The molecule has 0 aliphatic carbocycles. The second kappa shape index (κ2) is 15.3. The number of halogens is 1. The summed E-state index contributed by atoms with van der Waals surface area (Å²) >= 11 is 0. The van der Waals surface area contributed by atoms with Gasteiger partial charge in [0.15, 0.2) is 0 Å². The van der Waals surface area contributed by atoms with E-state index in [2.05, 4.69) is 47.9 Å². The molecule has 128 valence electrons. The van der Waals surface area contributed by atoms with Crippen molar-refractivity contribution in [3.8, 4) is 0 Å². The Kier molecular flexibility index (Phi) is 14.9. The lowest BCUT2D eigenvalue weighted by atomic mass is 10.1. The van der Waals surface area contributed by atoms with E-state index in [0.717, 1.165) is 18.4 Å². The third kappa shape index (κ3) is 11.1. The molecule has 0 aliphatic heterocycles. The first-order valence-corrected chi connectivity index (χ1v) is 9.03. The molecule has 0 aliphatic rings. The van der Waals surface area contributed by atoms with Crippen molar-refractivity contribution in [2.24, 2.45) is 4.99 Å². The SMILES string of the molecule is Br.CCCCCCCN=c1ccn(CCCCCCC)cc1. The average Bonchev–Trinajstić information content (AvgIpc) is 2.52. The zero-order valence-corrected chi connectivity index (χ0v) is 16.3. The topological polar surface area (TPSA) is 17.3 Å². The Bertz CT molecular complexity index is 392. The van der Waals surface area contributed by atoms with Crippen LogP contribution in [0.25, 0.3) is 0 Å². The predicted molar refractivity (Wildman–Crippen MR) is 103 cm³/mol. The van der Waals surface area contributed by atoms with Crippen LogP contribution in [-0.2, 0) is 6.54 Å². The van der Waals surface area contributed by atoms with Crippen LogP contribution in [0.3, 0.4) is 0 Å². The van der Waals surface area contributed by atoms with Gasteiger partial charge in [0.25, 0.3) is 0 Å². The van der Waals surface area contributed by atoms with Crippen LogP contribution < -0.4 is 5.36 Å². The molecule has 0 fully saturated rings. The van der Waals surface area contributed by atoms with E-state index in [-0.39, 0.29) is 17.0 Å². The van der Waals surface area contributed by atoms with Gasteiger partial charge in [-0.25, -0.2) is 0 Å². The smallest absolute Gasteiger partial charge is 0.0603 e. The van der Waals surface area contributed by atoms with Crippen LogP contribution in [0.1, 0.15) is 78.1 Å². The van der Waals surface area contributed by atoms with Crippen LogP contribution >= 0.6 is 17.0 Å². The minimum atomic E-state index is 0. The zero-order valence-electron chi connectivity index (χ0n) is 14.6. The molecule has 22 heavy (non-hydrogen) atoms. The fourth-order valence-electron chi connectivity index (χ4n) is 2.53. The number of rotatable bonds is 12. The summed E-state index contributed by atoms with van der Waals surface area (Å²) in [6.07, 6.45) is 17.7. The predicted octanol–water partition coefficient (Wildman–Crippen LogP) is 5.91. The van der Waals surface area contributed by atoms with Gasteiger partial charge in [-0.1, -0.05) is 65.2 Å². The molecule has 0 amide bonds. The maximum Gasteiger partial charge on any atom is 0.0603 e. The molecule has 0 saturated carbocycles. The van der Waals surface area contributed by atoms with Crippen LogP contribution in [0.4, 0.5) is 0 Å². The zero-order chi connectivity index (χ0) is 15.2. The van der Waals surface area contributed by atoms with E-state index in [4.69, 9.17) is 0 Å². The summed E-state index contributed by atoms with van der Waals surface area (Å²) in [4.78, 5) is 4.65. The normalized spacial score (nSPS) is 10.3. The maximum atomic E-state index is 4.65. The number of pyridine rings is 1. The number of hydrogen-bond acceptors (Lipinski definition) is 1. The first-order valence-electron chi connectivity index (χ1n) is 9.03. The summed E-state index contributed by atoms with van der Waals surface area (Å²) in [6, 6.07) is 4.30. The standard InChI is InChI=1S/C19H34N2.BrH/c1-3-5-7-9-11-15-20-19-13-17-21(18-14-19)16-12-10-8-6-4-2;/h13-14,17-18H,3-12,15-16H2,1-2H3;1H. The van der Waals surface area contributed by atoms with E-state index in [9.17, 15) is 0 Å². The minimum Gasteiger partial charge on any atom is -0.354 e. The maximum absolute atomic E-state index is 4.65. The van der Waals surface area contributed by atoms with Crippen molar-refractivity contribution in [1.82, 2.24) is 4.57 Å². The lowest BCUT2D eigenvalue weighted by Gasteiger charge is -2.05. The van der Waals surface area contributed by atoms with Crippen LogP contribution in [0, 0.1) is 0 Å². The highest BCUT2D eigenvalue weighted by Crippen LogP contribution is 2.04. The molecule has 0 N–H and O–H groups in total. The second-order valence-corrected chi connectivity index (χ2v) is 6.00. The highest BCUT2D eigenvalue weighted by Gasteiger charge is 1.91. The lowest BCUT2D eigenvalue weighted by Crippen LogP contribution is -2.06. The molecule has 3 heteroatoms. The van der Waals surface area contributed by atoms with Crippen molar-refractivity contribution in [2.75, 3.05) is 6.54 Å². The van der Waals surface area contributed by atoms with Gasteiger partial charge in [0.05, 0.1) is 5.36 Å². The molecule has 0 atom stereocenters. The fraction of sp³-hybridized carbons (Fsp3) is 0.737. The molecule has 0 bridgehead atoms. The van der Waals surface area contributed by atoms with Gasteiger partial charge in [-0.05, 0) is 25.0 Å². The van der Waals surface area contributed by atoms with Gasteiger partial charge in [-0.2, -0.15) is 0 Å². The number of nitrogens with zero attached hydrogens (tertiary/aromatic N) is 2. The summed E-state index contributed by atoms with van der Waals surface area (Å²) in [6.45, 7) is 6.64. The lowest BCUT2D eigenvalue weighted by molar-refractivity contribution is 0.566. The molecular formula is C19H35BrN2. The van der Waals surface area contributed by atoms with E-state index in [0.29, 0.717) is 0 Å². The highest BCUT2D eigenvalue weighted by atomic mass is 79.9. The van der Waals surface area contributed by atoms with Gasteiger partial charge in [0, 0.05) is 25.5 Å². The molecule has 0 aromatic carbocycles. The Labute approximate surface area is 147 Å². The Hall–Kier alpha value is -0.570. The molecule has 1 aromatic heterocycles. The molecule has 1 rings (SSSR count). The summed E-state index contributed by atoms with van der Waals surface area (Å²) in [5.74, 6) is 0. The van der Waals surface area contributed by atoms with E-state index < -0.39 is 0 Å². The second-order valence-electron chi connectivity index (χ2n) is 6.00. The molecule has 1 aromatic rings. The van der Waals surface area contributed by atoms with Crippen molar-refractivity contribution < 1.29 is 0 Å². The Balaban J connectivity index is 0.00000441. The van der Waals surface area contributed by atoms with Gasteiger partial charge in [-0.3, -0.25) is 4.99 Å². The number of hydrogen-bond donors (Lipinski definition) is 0. The van der Waals surface area contributed by atoms with E-state index >= 15 is 0 Å². The van der Waals surface area contributed by atoms with Crippen LogP contribution in [-0.4, -0.2) is 11.1 Å². The van der Waals surface area contributed by atoms with Crippen LogP contribution in [0.2, 0.25) is 0 Å². The molecule has 0 saturated heterocycles. The molecule has 1 heterocycles. The van der Waals surface area contributed by atoms with Gasteiger partial charge in [0.1, 0.15) is 0 Å². The van der Waals surface area contributed by atoms with Crippen molar-refractivity contribution in [2.45, 2.75) is 84.6 Å². The van der Waals surface area contributed by atoms with Crippen LogP contribution in [0.15, 0.2) is 29.5 Å². The molecule has 2 nitrogen and oxygen atoms in total. The van der Waals surface area contributed by atoms with Gasteiger partial charge in [0.2, 0.25) is 0 Å². The van der Waals surface area contributed by atoms with Crippen LogP contribution in [0.5, 0.6) is 0 Å². The Morgan fingerprint density at radius 1 is 0.773 bits per heavy atom. The molecular weight excluding hydrogens is 336 g/mol. The van der Waals surface area contributed by atoms with Gasteiger partial charge in [-0.15, -0.1) is 17.0 Å². The third-order valence-corrected chi connectivity index (χ3v) is 3.95. The van der Waals surface area contributed by atoms with Gasteiger partial charge >= 0.3 is 0 Å². The first kappa shape index (κ1) is 21.4. The van der Waals surface area contributed by atoms with Gasteiger partial charge < -0.3 is 4.57 Å². The van der Waals surface area contributed by atoms with Crippen molar-refractivity contribution in [3.63, 3.8) is 0 Å². The molecule has 0 unspecified atom stereocenters. The Morgan fingerprint density at radius 3 is 1.91 bits per heavy atom. The number of aromatic nitrogens is 1. The molecule has 0 spiro atoms. The highest BCUT2D eigenvalue weighted by molar-refractivity contribution is 8.93. The summed E-state index contributed by atoms with van der Waals surface area (Å²) < 4.78 is 2.28. The summed E-state index contributed by atoms with van der Waals surface area (Å²) in [5.41, 5.74) is 0. The van der Waals surface area contributed by atoms with Crippen molar-refractivity contribution >= 4 is 17.0 Å². The fourth-order valence-corrected chi connectivity index (χ4v) is 2.53. The summed E-state index contributed by atoms with van der Waals surface area (Å²) in [7, 11) is 0. The quantitative estimate of drug-likeness (QED) is 0.407. The third-order valence-electron chi connectivity index (χ3n) is 3.95. The van der Waals surface area contributed by atoms with Crippen molar-refractivity contribution in [1.29, 1.82) is 0 Å². The van der Waals surface area contributed by atoms with E-state index in [1.54, 1.807) is 0 Å². The Morgan fingerprint density at radius 2 is 1.32 bits per heavy atom. The first-order chi connectivity index (χ1) is 10.4. The minimum absolute atomic E-state index is 0. The summed E-state index contributed by atoms with van der Waals surface area (Å²) in [5, 5.41) is 1.13. The van der Waals surface area contributed by atoms with E-state index in [1.165, 1.54) is 64.2 Å². The average molecular weight is 371 g/mol. The van der Waals surface area contributed by atoms with Crippen molar-refractivity contribution in [3.05, 3.63) is 29.9 Å². The molecule has 0 radical (unpaired) electrons. The largest absolute Gasteiger partial charge is 0.354 e. The number of aryl methyl sites for hydroxylation is 1. The monoisotopic (exact) mass is 370 g/mol.